The fourth-order valence-corrected chi connectivity index (χ4v) is 2.13. The molecule has 2 aromatic rings. The molecule has 0 unspecified atom stereocenters. The molecule has 0 spiro atoms. The Labute approximate surface area is 146 Å². The molecule has 0 bridgehead atoms. The van der Waals surface area contributed by atoms with Crippen LogP contribution in [0.15, 0.2) is 27.8 Å². The number of hydrogen-bond acceptors (Lipinski definition) is 6. The lowest BCUT2D eigenvalue weighted by Crippen LogP contribution is -2.40. The third kappa shape index (κ3) is 4.35. The van der Waals surface area contributed by atoms with Crippen molar-refractivity contribution in [2.24, 2.45) is 0 Å². The summed E-state index contributed by atoms with van der Waals surface area (Å²) in [5.41, 5.74) is 3.03. The highest BCUT2D eigenvalue weighted by atomic mass is 19.1. The number of nitrogens with two attached hydrogens (primary N) is 1. The van der Waals surface area contributed by atoms with Crippen LogP contribution in [0.5, 0.6) is 5.75 Å². The fourth-order valence-electron chi connectivity index (χ4n) is 2.13. The number of ketones is 1. The largest absolute Gasteiger partial charge is 0.491 e. The van der Waals surface area contributed by atoms with Crippen LogP contribution in [0, 0.1) is 5.82 Å². The van der Waals surface area contributed by atoms with E-state index in [1.54, 1.807) is 6.92 Å². The van der Waals surface area contributed by atoms with Crippen molar-refractivity contribution < 1.29 is 18.7 Å². The molecule has 138 valence electrons. The van der Waals surface area contributed by atoms with E-state index in [1.807, 2.05) is 4.98 Å². The zero-order chi connectivity index (χ0) is 19.4. The van der Waals surface area contributed by atoms with Gasteiger partial charge in [-0.1, -0.05) is 0 Å². The van der Waals surface area contributed by atoms with Gasteiger partial charge in [-0.05, 0) is 32.0 Å². The number of aromatic amines is 2. The molecule has 1 heterocycles. The van der Waals surface area contributed by atoms with Crippen LogP contribution < -0.4 is 27.0 Å². The van der Waals surface area contributed by atoms with Crippen LogP contribution in [0.3, 0.4) is 0 Å². The number of carbonyl (C=O) groups is 2. The Morgan fingerprint density at radius 3 is 2.65 bits per heavy atom. The van der Waals surface area contributed by atoms with Gasteiger partial charge in [0.15, 0.2) is 5.78 Å². The quantitative estimate of drug-likeness (QED) is 0.538. The predicted molar refractivity (Wildman–Crippen MR) is 90.9 cm³/mol. The number of ether oxygens (including phenoxy) is 1. The smallest absolute Gasteiger partial charge is 0.326 e. The summed E-state index contributed by atoms with van der Waals surface area (Å²) in [5, 5.41) is 2.50. The third-order valence-corrected chi connectivity index (χ3v) is 3.39. The maximum atomic E-state index is 13.2. The molecular formula is C16H17FN4O5. The standard InChI is InChI=1S/C16H17FN4O5/c1-7(6-26-11-4-3-9(17)5-10(11)8(2)22)19-15(24)13-12(18)14(23)21-16(25)20-13/h3-5,7H,6,18H2,1-2H3,(H,19,24)(H2,20,21,23,25)/t7-/m1/s1. The van der Waals surface area contributed by atoms with E-state index in [2.05, 4.69) is 10.3 Å². The summed E-state index contributed by atoms with van der Waals surface area (Å²) in [6.45, 7) is 2.82. The fraction of sp³-hybridized carbons (Fsp3) is 0.250. The van der Waals surface area contributed by atoms with Crippen LogP contribution in [-0.4, -0.2) is 34.3 Å². The number of H-pyrrole nitrogens is 2. The highest BCUT2D eigenvalue weighted by molar-refractivity contribution is 5.97. The maximum absolute atomic E-state index is 13.2. The Morgan fingerprint density at radius 2 is 2.00 bits per heavy atom. The number of aromatic nitrogens is 2. The first-order valence-corrected chi connectivity index (χ1v) is 7.55. The van der Waals surface area contributed by atoms with Crippen molar-refractivity contribution in [1.29, 1.82) is 0 Å². The number of benzene rings is 1. The van der Waals surface area contributed by atoms with E-state index in [4.69, 9.17) is 10.5 Å². The Hall–Kier alpha value is -3.43. The summed E-state index contributed by atoms with van der Waals surface area (Å²) in [5.74, 6) is -1.54. The molecule has 1 atom stereocenters. The first kappa shape index (κ1) is 18.9. The average Bonchev–Trinajstić information content (AvgIpc) is 2.56. The van der Waals surface area contributed by atoms with Crippen LogP contribution in [0.25, 0.3) is 0 Å². The molecule has 0 saturated carbocycles. The zero-order valence-corrected chi connectivity index (χ0v) is 14.0. The van der Waals surface area contributed by atoms with Crippen molar-refractivity contribution in [3.05, 3.63) is 56.1 Å². The molecule has 9 nitrogen and oxygen atoms in total. The first-order chi connectivity index (χ1) is 12.2. The molecule has 5 N–H and O–H groups in total. The van der Waals surface area contributed by atoms with Crippen molar-refractivity contribution in [3.8, 4) is 5.75 Å². The molecule has 10 heteroatoms. The maximum Gasteiger partial charge on any atom is 0.326 e. The van der Waals surface area contributed by atoms with Crippen molar-refractivity contribution in [1.82, 2.24) is 15.3 Å². The highest BCUT2D eigenvalue weighted by Crippen LogP contribution is 2.20. The third-order valence-electron chi connectivity index (χ3n) is 3.39. The van der Waals surface area contributed by atoms with Crippen molar-refractivity contribution in [2.45, 2.75) is 19.9 Å². The highest BCUT2D eigenvalue weighted by Gasteiger charge is 2.17. The van der Waals surface area contributed by atoms with Gasteiger partial charge in [-0.15, -0.1) is 0 Å². The molecule has 0 aliphatic carbocycles. The molecule has 1 aromatic heterocycles. The number of carbonyl (C=O) groups excluding carboxylic acids is 2. The number of amides is 1. The van der Waals surface area contributed by atoms with E-state index in [9.17, 15) is 23.6 Å². The van der Waals surface area contributed by atoms with Gasteiger partial charge in [0, 0.05) is 0 Å². The van der Waals surface area contributed by atoms with Crippen LogP contribution in [-0.2, 0) is 0 Å². The topological polar surface area (TPSA) is 147 Å². The summed E-state index contributed by atoms with van der Waals surface area (Å²) in [6.07, 6.45) is 0. The molecule has 0 fully saturated rings. The predicted octanol–water partition coefficient (Wildman–Crippen LogP) is 0.184. The van der Waals surface area contributed by atoms with E-state index in [0.29, 0.717) is 0 Å². The molecule has 1 aromatic carbocycles. The van der Waals surface area contributed by atoms with Gasteiger partial charge in [-0.2, -0.15) is 0 Å². The van der Waals surface area contributed by atoms with Crippen LogP contribution >= 0.6 is 0 Å². The lowest BCUT2D eigenvalue weighted by molar-refractivity contribution is 0.0918. The van der Waals surface area contributed by atoms with Gasteiger partial charge in [0.1, 0.15) is 29.6 Å². The summed E-state index contributed by atoms with van der Waals surface area (Å²) in [7, 11) is 0. The van der Waals surface area contributed by atoms with Crippen LogP contribution in [0.1, 0.15) is 34.7 Å². The minimum Gasteiger partial charge on any atom is -0.491 e. The number of anilines is 1. The van der Waals surface area contributed by atoms with Gasteiger partial charge >= 0.3 is 5.69 Å². The van der Waals surface area contributed by atoms with Gasteiger partial charge in [-0.25, -0.2) is 9.18 Å². The minimum atomic E-state index is -0.875. The molecule has 0 aliphatic rings. The SMILES string of the molecule is CC(=O)c1cc(F)ccc1OC[C@@H](C)NC(=O)c1[nH]c(=O)[nH]c(=O)c1N. The number of nitrogens with one attached hydrogen (secondary N) is 3. The first-order valence-electron chi connectivity index (χ1n) is 7.55. The van der Waals surface area contributed by atoms with E-state index >= 15 is 0 Å². The Kier molecular flexibility index (Phi) is 5.55. The Bertz CT molecular complexity index is 966. The normalized spacial score (nSPS) is 11.7. The number of Topliss-reactive ketones (excluding diaryl/α,β-unsaturated/α-hetero) is 1. The second kappa shape index (κ2) is 7.64. The van der Waals surface area contributed by atoms with E-state index in [1.165, 1.54) is 13.0 Å². The van der Waals surface area contributed by atoms with E-state index in [-0.39, 0.29) is 29.4 Å². The lowest BCUT2D eigenvalue weighted by atomic mass is 10.1. The lowest BCUT2D eigenvalue weighted by Gasteiger charge is -2.16. The van der Waals surface area contributed by atoms with Gasteiger partial charge < -0.3 is 20.8 Å². The van der Waals surface area contributed by atoms with Gasteiger partial charge in [0.05, 0.1) is 11.6 Å². The molecule has 1 amide bonds. The molecule has 0 radical (unpaired) electrons. The number of nitrogen functional groups attached to an aromatic ring is 1. The monoisotopic (exact) mass is 364 g/mol. The molecule has 0 aliphatic heterocycles. The van der Waals surface area contributed by atoms with Crippen LogP contribution in [0.2, 0.25) is 0 Å². The summed E-state index contributed by atoms with van der Waals surface area (Å²) in [4.78, 5) is 50.4. The number of rotatable bonds is 6. The molecular weight excluding hydrogens is 347 g/mol. The summed E-state index contributed by atoms with van der Waals surface area (Å²) in [6, 6.07) is 2.94. The summed E-state index contributed by atoms with van der Waals surface area (Å²) < 4.78 is 18.7. The second-order valence-electron chi connectivity index (χ2n) is 5.58. The van der Waals surface area contributed by atoms with E-state index < -0.39 is 34.7 Å². The molecule has 2 rings (SSSR count). The average molecular weight is 364 g/mol. The number of halogens is 1. The van der Waals surface area contributed by atoms with E-state index in [0.717, 1.165) is 12.1 Å². The molecule has 0 saturated heterocycles. The summed E-state index contributed by atoms with van der Waals surface area (Å²) >= 11 is 0. The zero-order valence-electron chi connectivity index (χ0n) is 14.0. The van der Waals surface area contributed by atoms with Crippen molar-refractivity contribution in [2.75, 3.05) is 12.3 Å². The second-order valence-corrected chi connectivity index (χ2v) is 5.58. The van der Waals surface area contributed by atoms with Gasteiger partial charge in [-0.3, -0.25) is 19.4 Å². The van der Waals surface area contributed by atoms with Crippen molar-refractivity contribution >= 4 is 17.4 Å². The van der Waals surface area contributed by atoms with Crippen LogP contribution in [0.4, 0.5) is 10.1 Å². The Morgan fingerprint density at radius 1 is 1.31 bits per heavy atom. The number of hydrogen-bond donors (Lipinski definition) is 4. The van der Waals surface area contributed by atoms with Gasteiger partial charge in [0.2, 0.25) is 0 Å². The van der Waals surface area contributed by atoms with Gasteiger partial charge in [0.25, 0.3) is 11.5 Å². The molecule has 26 heavy (non-hydrogen) atoms. The Balaban J connectivity index is 2.07. The minimum absolute atomic E-state index is 0.0506. The van der Waals surface area contributed by atoms with Crippen molar-refractivity contribution in [3.63, 3.8) is 0 Å².